The minimum absolute atomic E-state index is 0.0147. The first-order valence-electron chi connectivity index (χ1n) is 8.49. The molecule has 0 saturated carbocycles. The molecule has 134 valence electrons. The third kappa shape index (κ3) is 5.87. The van der Waals surface area contributed by atoms with Crippen LogP contribution in [0.4, 0.5) is 11.4 Å². The van der Waals surface area contributed by atoms with Crippen molar-refractivity contribution in [2.75, 3.05) is 24.3 Å². The number of hydrogen-bond acceptors (Lipinski definition) is 3. The molecule has 0 unspecified atom stereocenters. The normalized spacial score (nSPS) is 10.9. The van der Waals surface area contributed by atoms with Crippen molar-refractivity contribution in [2.45, 2.75) is 53.6 Å². The number of benzene rings is 1. The zero-order valence-corrected chi connectivity index (χ0v) is 16.0. The molecule has 24 heavy (non-hydrogen) atoms. The van der Waals surface area contributed by atoms with Crippen LogP contribution < -0.4 is 10.2 Å². The summed E-state index contributed by atoms with van der Waals surface area (Å²) in [4.78, 5) is 27.7. The summed E-state index contributed by atoms with van der Waals surface area (Å²) in [7, 11) is 3.95. The van der Waals surface area contributed by atoms with Gasteiger partial charge in [-0.15, -0.1) is 0 Å². The summed E-state index contributed by atoms with van der Waals surface area (Å²) in [6.07, 6.45) is 0.496. The molecule has 5 heteroatoms. The van der Waals surface area contributed by atoms with Crippen LogP contribution in [0.15, 0.2) is 18.2 Å². The van der Waals surface area contributed by atoms with Gasteiger partial charge in [-0.3, -0.25) is 9.59 Å². The molecule has 0 aliphatic heterocycles. The molecule has 5 nitrogen and oxygen atoms in total. The minimum atomic E-state index is 0.0147. The molecule has 1 N–H and O–H groups in total. The van der Waals surface area contributed by atoms with Gasteiger partial charge in [-0.05, 0) is 43.5 Å². The molecule has 0 fully saturated rings. The fourth-order valence-electron chi connectivity index (χ4n) is 2.65. The second kappa shape index (κ2) is 8.71. The molecule has 1 aromatic rings. The average Bonchev–Trinajstić information content (AvgIpc) is 2.42. The number of carbonyl (C=O) groups is 2. The van der Waals surface area contributed by atoms with Crippen LogP contribution in [0.3, 0.4) is 0 Å². The summed E-state index contributed by atoms with van der Waals surface area (Å²) in [6.45, 7) is 10.2. The van der Waals surface area contributed by atoms with Gasteiger partial charge in [-0.2, -0.15) is 0 Å². The number of hydrogen-bond donors (Lipinski definition) is 1. The lowest BCUT2D eigenvalue weighted by atomic mass is 10.1. The van der Waals surface area contributed by atoms with Gasteiger partial charge in [-0.1, -0.05) is 13.8 Å². The van der Waals surface area contributed by atoms with Crippen LogP contribution in [0.25, 0.3) is 0 Å². The van der Waals surface area contributed by atoms with Crippen LogP contribution in [0.1, 0.15) is 46.6 Å². The summed E-state index contributed by atoms with van der Waals surface area (Å²) >= 11 is 0. The number of nitrogens with one attached hydrogen (secondary N) is 1. The zero-order valence-electron chi connectivity index (χ0n) is 16.0. The Morgan fingerprint density at radius 2 is 1.75 bits per heavy atom. The molecule has 0 aliphatic rings. The monoisotopic (exact) mass is 333 g/mol. The Balaban J connectivity index is 3.08. The van der Waals surface area contributed by atoms with E-state index in [-0.39, 0.29) is 17.9 Å². The lowest BCUT2D eigenvalue weighted by Crippen LogP contribution is -2.35. The maximum atomic E-state index is 12.0. The maximum Gasteiger partial charge on any atom is 0.224 e. The van der Waals surface area contributed by atoms with E-state index >= 15 is 0 Å². The van der Waals surface area contributed by atoms with Crippen LogP contribution in [0.2, 0.25) is 0 Å². The number of amides is 2. The molecule has 0 spiro atoms. The van der Waals surface area contributed by atoms with Crippen LogP contribution in [0.5, 0.6) is 0 Å². The highest BCUT2D eigenvalue weighted by molar-refractivity contribution is 5.91. The molecule has 0 atom stereocenters. The first-order valence-corrected chi connectivity index (χ1v) is 8.49. The Labute approximate surface area is 146 Å². The molecular formula is C19H31N3O2. The van der Waals surface area contributed by atoms with Crippen molar-refractivity contribution in [3.63, 3.8) is 0 Å². The lowest BCUT2D eigenvalue weighted by molar-refractivity contribution is -0.131. The SMILES string of the molecule is CC(=O)N(Cc1cc(NC(=O)CC(C)C)ccc1N(C)C)C(C)C. The zero-order chi connectivity index (χ0) is 18.4. The average molecular weight is 333 g/mol. The van der Waals surface area contributed by atoms with Gasteiger partial charge in [0.2, 0.25) is 11.8 Å². The van der Waals surface area contributed by atoms with E-state index < -0.39 is 0 Å². The van der Waals surface area contributed by atoms with Crippen molar-refractivity contribution >= 4 is 23.2 Å². The summed E-state index contributed by atoms with van der Waals surface area (Å²) in [5, 5.41) is 2.95. The van der Waals surface area contributed by atoms with Crippen LogP contribution in [0, 0.1) is 5.92 Å². The van der Waals surface area contributed by atoms with E-state index in [0.717, 1.165) is 16.9 Å². The number of carbonyl (C=O) groups excluding carboxylic acids is 2. The van der Waals surface area contributed by atoms with E-state index in [4.69, 9.17) is 0 Å². The molecule has 0 heterocycles. The number of anilines is 2. The molecular weight excluding hydrogens is 302 g/mol. The van der Waals surface area contributed by atoms with Gasteiger partial charge in [0.1, 0.15) is 0 Å². The van der Waals surface area contributed by atoms with Crippen molar-refractivity contribution in [1.29, 1.82) is 0 Å². The van der Waals surface area contributed by atoms with E-state index in [2.05, 4.69) is 5.32 Å². The highest BCUT2D eigenvalue weighted by Crippen LogP contribution is 2.25. The van der Waals surface area contributed by atoms with Gasteiger partial charge < -0.3 is 15.1 Å². The number of rotatable bonds is 7. The van der Waals surface area contributed by atoms with E-state index in [1.54, 1.807) is 6.92 Å². The van der Waals surface area contributed by atoms with Crippen molar-refractivity contribution in [1.82, 2.24) is 4.90 Å². The van der Waals surface area contributed by atoms with Gasteiger partial charge >= 0.3 is 0 Å². The van der Waals surface area contributed by atoms with Crippen molar-refractivity contribution in [3.8, 4) is 0 Å². The molecule has 1 aromatic carbocycles. The second-order valence-corrected chi connectivity index (χ2v) is 7.12. The van der Waals surface area contributed by atoms with Crippen LogP contribution in [-0.2, 0) is 16.1 Å². The summed E-state index contributed by atoms with van der Waals surface area (Å²) in [5.41, 5.74) is 2.84. The smallest absolute Gasteiger partial charge is 0.224 e. The Bertz CT molecular complexity index is 580. The molecule has 1 rings (SSSR count). The van der Waals surface area contributed by atoms with Crippen LogP contribution in [-0.4, -0.2) is 36.9 Å². The molecule has 0 saturated heterocycles. The van der Waals surface area contributed by atoms with E-state index in [1.807, 2.05) is 69.8 Å². The molecule has 0 radical (unpaired) electrons. The lowest BCUT2D eigenvalue weighted by Gasteiger charge is -2.28. The Morgan fingerprint density at radius 3 is 2.21 bits per heavy atom. The minimum Gasteiger partial charge on any atom is -0.377 e. The molecule has 0 aliphatic carbocycles. The molecule has 0 aromatic heterocycles. The highest BCUT2D eigenvalue weighted by Gasteiger charge is 2.17. The van der Waals surface area contributed by atoms with Gasteiger partial charge in [0.15, 0.2) is 0 Å². The second-order valence-electron chi connectivity index (χ2n) is 7.12. The van der Waals surface area contributed by atoms with Crippen molar-refractivity contribution < 1.29 is 9.59 Å². The Hall–Kier alpha value is -2.04. The largest absolute Gasteiger partial charge is 0.377 e. The van der Waals surface area contributed by atoms with Crippen LogP contribution >= 0.6 is 0 Å². The molecule has 0 bridgehead atoms. The maximum absolute atomic E-state index is 12.0. The van der Waals surface area contributed by atoms with E-state index in [1.165, 1.54) is 0 Å². The predicted molar refractivity (Wildman–Crippen MR) is 100 cm³/mol. The van der Waals surface area contributed by atoms with Crippen molar-refractivity contribution in [2.24, 2.45) is 5.92 Å². The summed E-state index contributed by atoms with van der Waals surface area (Å²) < 4.78 is 0. The van der Waals surface area contributed by atoms with E-state index in [9.17, 15) is 9.59 Å². The highest BCUT2D eigenvalue weighted by atomic mass is 16.2. The summed E-state index contributed by atoms with van der Waals surface area (Å²) in [6, 6.07) is 5.98. The number of nitrogens with zero attached hydrogens (tertiary/aromatic N) is 2. The fraction of sp³-hybridized carbons (Fsp3) is 0.579. The first-order chi connectivity index (χ1) is 11.1. The standard InChI is InChI=1S/C19H31N3O2/c1-13(2)10-19(24)20-17-8-9-18(21(6)7)16(11-17)12-22(14(3)4)15(5)23/h8-9,11,13-14H,10,12H2,1-7H3,(H,20,24). The quantitative estimate of drug-likeness (QED) is 0.831. The first kappa shape index (κ1) is 20.0. The molecule has 2 amide bonds. The fourth-order valence-corrected chi connectivity index (χ4v) is 2.65. The van der Waals surface area contributed by atoms with Crippen molar-refractivity contribution in [3.05, 3.63) is 23.8 Å². The van der Waals surface area contributed by atoms with Gasteiger partial charge in [0, 0.05) is 51.4 Å². The Kier molecular flexibility index (Phi) is 7.26. The topological polar surface area (TPSA) is 52.7 Å². The van der Waals surface area contributed by atoms with E-state index in [0.29, 0.717) is 18.9 Å². The Morgan fingerprint density at radius 1 is 1.12 bits per heavy atom. The van der Waals surface area contributed by atoms with Gasteiger partial charge in [0.05, 0.1) is 0 Å². The van der Waals surface area contributed by atoms with Gasteiger partial charge in [0.25, 0.3) is 0 Å². The summed E-state index contributed by atoms with van der Waals surface area (Å²) in [5.74, 6) is 0.379. The van der Waals surface area contributed by atoms with Gasteiger partial charge in [-0.25, -0.2) is 0 Å². The predicted octanol–water partition coefficient (Wildman–Crippen LogP) is 3.49. The third-order valence-corrected chi connectivity index (χ3v) is 3.81. The third-order valence-electron chi connectivity index (χ3n) is 3.81.